The molecule has 4 nitrogen and oxygen atoms in total. The molecule has 1 heterocycles. The third-order valence-electron chi connectivity index (χ3n) is 3.66. The Morgan fingerprint density at radius 3 is 2.78 bits per heavy atom. The van der Waals surface area contributed by atoms with Crippen LogP contribution in [-0.4, -0.2) is 22.3 Å². The summed E-state index contributed by atoms with van der Waals surface area (Å²) in [7, 11) is 0. The first kappa shape index (κ1) is 15.6. The number of fused-ring (bicyclic) bond motifs is 1. The fraction of sp³-hybridized carbons (Fsp3) is 0.222. The predicted molar refractivity (Wildman–Crippen MR) is 94.5 cm³/mol. The van der Waals surface area contributed by atoms with Gasteiger partial charge < -0.3 is 9.72 Å². The van der Waals surface area contributed by atoms with Crippen LogP contribution in [0.3, 0.4) is 0 Å². The highest BCUT2D eigenvalue weighted by Crippen LogP contribution is 2.18. The number of hydrogen-bond acceptors (Lipinski definition) is 4. The van der Waals surface area contributed by atoms with Crippen LogP contribution < -0.4 is 10.3 Å². The third-order valence-corrected chi connectivity index (χ3v) is 4.50. The van der Waals surface area contributed by atoms with E-state index in [1.165, 1.54) is 22.9 Å². The fourth-order valence-electron chi connectivity index (χ4n) is 2.23. The highest BCUT2D eigenvalue weighted by molar-refractivity contribution is 7.99. The number of hydrogen-bond donors (Lipinski definition) is 1. The van der Waals surface area contributed by atoms with Crippen LogP contribution in [0.2, 0.25) is 0 Å². The van der Waals surface area contributed by atoms with E-state index in [4.69, 9.17) is 4.74 Å². The molecule has 0 spiro atoms. The zero-order valence-corrected chi connectivity index (χ0v) is 13.9. The minimum atomic E-state index is -0.104. The lowest BCUT2D eigenvalue weighted by atomic mass is 10.1. The van der Waals surface area contributed by atoms with Crippen molar-refractivity contribution < 1.29 is 4.74 Å². The molecule has 118 valence electrons. The van der Waals surface area contributed by atoms with E-state index < -0.39 is 0 Å². The van der Waals surface area contributed by atoms with Gasteiger partial charge >= 0.3 is 0 Å². The molecule has 0 saturated carbocycles. The Morgan fingerprint density at radius 2 is 1.96 bits per heavy atom. The number of aromatic nitrogens is 2. The van der Waals surface area contributed by atoms with Crippen LogP contribution in [0.4, 0.5) is 0 Å². The second kappa shape index (κ2) is 6.87. The number of ether oxygens (including phenoxy) is 1. The van der Waals surface area contributed by atoms with E-state index in [2.05, 4.69) is 29.9 Å². The maximum Gasteiger partial charge on any atom is 0.259 e. The summed E-state index contributed by atoms with van der Waals surface area (Å²) in [6.07, 6.45) is 0. The number of benzene rings is 2. The van der Waals surface area contributed by atoms with Crippen molar-refractivity contribution in [3.63, 3.8) is 0 Å². The molecule has 5 heteroatoms. The minimum Gasteiger partial charge on any atom is -0.493 e. The van der Waals surface area contributed by atoms with Crippen LogP contribution in [0.1, 0.15) is 11.1 Å². The zero-order valence-electron chi connectivity index (χ0n) is 13.1. The molecule has 0 bridgehead atoms. The molecule has 0 atom stereocenters. The molecule has 3 rings (SSSR count). The molecule has 0 aliphatic carbocycles. The number of nitrogens with one attached hydrogen (secondary N) is 1. The zero-order chi connectivity index (χ0) is 16.2. The molecule has 0 radical (unpaired) electrons. The molecular weight excluding hydrogens is 308 g/mol. The summed E-state index contributed by atoms with van der Waals surface area (Å²) in [5, 5.41) is 1.24. The van der Waals surface area contributed by atoms with Gasteiger partial charge in [0.25, 0.3) is 5.56 Å². The highest BCUT2D eigenvalue weighted by atomic mass is 32.2. The number of H-pyrrole nitrogens is 1. The molecule has 0 aliphatic rings. The van der Waals surface area contributed by atoms with Crippen molar-refractivity contribution in [2.75, 3.05) is 12.4 Å². The highest BCUT2D eigenvalue weighted by Gasteiger charge is 2.04. The number of aromatic amines is 1. The van der Waals surface area contributed by atoms with Crippen molar-refractivity contribution in [2.45, 2.75) is 19.0 Å². The van der Waals surface area contributed by atoms with Gasteiger partial charge in [-0.15, -0.1) is 0 Å². The summed E-state index contributed by atoms with van der Waals surface area (Å²) >= 11 is 1.48. The van der Waals surface area contributed by atoms with Gasteiger partial charge in [-0.25, -0.2) is 4.98 Å². The van der Waals surface area contributed by atoms with E-state index in [9.17, 15) is 4.79 Å². The van der Waals surface area contributed by atoms with Gasteiger partial charge in [0, 0.05) is 5.75 Å². The summed E-state index contributed by atoms with van der Waals surface area (Å²) in [6, 6.07) is 13.4. The standard InChI is InChI=1S/C18H18N2O2S/c1-12-7-8-14(11-13(12)2)22-9-10-23-18-19-16-6-4-3-5-15(16)17(21)20-18/h3-8,11H,9-10H2,1-2H3,(H,19,20,21). The van der Waals surface area contributed by atoms with Crippen LogP contribution in [0.5, 0.6) is 5.75 Å². The van der Waals surface area contributed by atoms with Crippen molar-refractivity contribution in [3.8, 4) is 5.75 Å². The summed E-state index contributed by atoms with van der Waals surface area (Å²) in [6.45, 7) is 4.71. The summed E-state index contributed by atoms with van der Waals surface area (Å²) in [5.74, 6) is 1.59. The molecule has 1 aromatic heterocycles. The van der Waals surface area contributed by atoms with Gasteiger partial charge in [0.05, 0.1) is 17.5 Å². The van der Waals surface area contributed by atoms with E-state index >= 15 is 0 Å². The molecule has 0 fully saturated rings. The van der Waals surface area contributed by atoms with Crippen molar-refractivity contribution in [3.05, 3.63) is 63.9 Å². The predicted octanol–water partition coefficient (Wildman–Crippen LogP) is 3.71. The lowest BCUT2D eigenvalue weighted by Crippen LogP contribution is -2.10. The molecule has 0 saturated heterocycles. The van der Waals surface area contributed by atoms with Crippen molar-refractivity contribution in [1.29, 1.82) is 0 Å². The van der Waals surface area contributed by atoms with Gasteiger partial charge in [0.15, 0.2) is 5.16 Å². The van der Waals surface area contributed by atoms with Crippen LogP contribution in [0, 0.1) is 13.8 Å². The SMILES string of the molecule is Cc1ccc(OCCSc2nc3ccccc3c(=O)[nH]2)cc1C. The third kappa shape index (κ3) is 3.74. The molecular formula is C18H18N2O2S. The number of aryl methyl sites for hydroxylation is 2. The molecule has 0 aliphatic heterocycles. The number of nitrogens with zero attached hydrogens (tertiary/aromatic N) is 1. The first-order valence-electron chi connectivity index (χ1n) is 7.45. The minimum absolute atomic E-state index is 0.104. The van der Waals surface area contributed by atoms with Gasteiger partial charge in [0.1, 0.15) is 5.75 Å². The Bertz CT molecular complexity index is 890. The van der Waals surface area contributed by atoms with Crippen LogP contribution in [-0.2, 0) is 0 Å². The fourth-order valence-corrected chi connectivity index (χ4v) is 2.92. The maximum atomic E-state index is 12.0. The van der Waals surface area contributed by atoms with Gasteiger partial charge in [-0.3, -0.25) is 4.79 Å². The Labute approximate surface area is 138 Å². The van der Waals surface area contributed by atoms with Gasteiger partial charge in [-0.1, -0.05) is 30.0 Å². The van der Waals surface area contributed by atoms with Crippen LogP contribution in [0.25, 0.3) is 10.9 Å². The monoisotopic (exact) mass is 326 g/mol. The molecule has 0 unspecified atom stereocenters. The van der Waals surface area contributed by atoms with Crippen molar-refractivity contribution in [1.82, 2.24) is 9.97 Å². The average Bonchev–Trinajstić information content (AvgIpc) is 2.55. The summed E-state index contributed by atoms with van der Waals surface area (Å²) < 4.78 is 5.74. The summed E-state index contributed by atoms with van der Waals surface area (Å²) in [5.41, 5.74) is 3.09. The second-order valence-electron chi connectivity index (χ2n) is 5.33. The number of para-hydroxylation sites is 1. The maximum absolute atomic E-state index is 12.0. The number of thioether (sulfide) groups is 1. The Hall–Kier alpha value is -2.27. The van der Waals surface area contributed by atoms with E-state index in [1.54, 1.807) is 6.07 Å². The summed E-state index contributed by atoms with van der Waals surface area (Å²) in [4.78, 5) is 19.2. The smallest absolute Gasteiger partial charge is 0.259 e. The second-order valence-corrected chi connectivity index (χ2v) is 6.41. The van der Waals surface area contributed by atoms with Gasteiger partial charge in [0.2, 0.25) is 0 Å². The van der Waals surface area contributed by atoms with E-state index in [-0.39, 0.29) is 5.56 Å². The first-order chi connectivity index (χ1) is 11.1. The lowest BCUT2D eigenvalue weighted by molar-refractivity contribution is 0.343. The van der Waals surface area contributed by atoms with E-state index in [0.717, 1.165) is 5.75 Å². The van der Waals surface area contributed by atoms with Gasteiger partial charge in [-0.05, 0) is 49.2 Å². The average molecular weight is 326 g/mol. The molecule has 3 aromatic rings. The topological polar surface area (TPSA) is 55.0 Å². The molecule has 1 N–H and O–H groups in total. The first-order valence-corrected chi connectivity index (χ1v) is 8.44. The van der Waals surface area contributed by atoms with Gasteiger partial charge in [-0.2, -0.15) is 0 Å². The van der Waals surface area contributed by atoms with Crippen molar-refractivity contribution in [2.24, 2.45) is 0 Å². The molecule has 0 amide bonds. The van der Waals surface area contributed by atoms with Crippen molar-refractivity contribution >= 4 is 22.7 Å². The Balaban J connectivity index is 1.60. The lowest BCUT2D eigenvalue weighted by Gasteiger charge is -2.08. The van der Waals surface area contributed by atoms with E-state index in [1.807, 2.05) is 30.3 Å². The van der Waals surface area contributed by atoms with Crippen LogP contribution >= 0.6 is 11.8 Å². The molecule has 2 aromatic carbocycles. The largest absolute Gasteiger partial charge is 0.493 e. The Morgan fingerprint density at radius 1 is 1.13 bits per heavy atom. The molecule has 23 heavy (non-hydrogen) atoms. The van der Waals surface area contributed by atoms with Crippen LogP contribution in [0.15, 0.2) is 52.4 Å². The normalized spacial score (nSPS) is 10.9. The quantitative estimate of drug-likeness (QED) is 0.441. The Kier molecular flexibility index (Phi) is 4.67. The van der Waals surface area contributed by atoms with E-state index in [0.29, 0.717) is 28.4 Å². The number of rotatable bonds is 5.